The maximum Gasteiger partial charge on any atom is 0.109 e. The minimum Gasteiger partial charge on any atom is -0.503 e. The molecule has 0 aliphatic carbocycles. The SMILES string of the molecule is CCCOC(=Cc1ccccc1)[SiH](C)C. The molecule has 0 unspecified atom stereocenters. The van der Waals surface area contributed by atoms with Crippen molar-refractivity contribution in [1.29, 1.82) is 0 Å². The van der Waals surface area contributed by atoms with Gasteiger partial charge in [-0.15, -0.1) is 0 Å². The van der Waals surface area contributed by atoms with Gasteiger partial charge in [0.15, 0.2) is 0 Å². The van der Waals surface area contributed by atoms with E-state index in [1.165, 1.54) is 10.9 Å². The van der Waals surface area contributed by atoms with Crippen LogP contribution in [-0.2, 0) is 4.74 Å². The van der Waals surface area contributed by atoms with E-state index >= 15 is 0 Å². The van der Waals surface area contributed by atoms with Crippen LogP contribution in [0.4, 0.5) is 0 Å². The minimum atomic E-state index is -0.848. The van der Waals surface area contributed by atoms with E-state index in [9.17, 15) is 0 Å². The van der Waals surface area contributed by atoms with Gasteiger partial charge in [-0.2, -0.15) is 0 Å². The molecule has 1 aromatic rings. The van der Waals surface area contributed by atoms with Crippen LogP contribution < -0.4 is 0 Å². The maximum atomic E-state index is 5.78. The molecule has 0 radical (unpaired) electrons. The molecule has 2 heteroatoms. The molecule has 0 fully saturated rings. The van der Waals surface area contributed by atoms with Crippen LogP contribution >= 0.6 is 0 Å². The fourth-order valence-electron chi connectivity index (χ4n) is 1.31. The van der Waals surface area contributed by atoms with Crippen molar-refractivity contribution in [3.63, 3.8) is 0 Å². The Hall–Kier alpha value is -1.02. The van der Waals surface area contributed by atoms with E-state index in [0.29, 0.717) is 0 Å². The van der Waals surface area contributed by atoms with E-state index in [2.05, 4.69) is 50.4 Å². The number of benzene rings is 1. The molecule has 1 nitrogen and oxygen atoms in total. The monoisotopic (exact) mass is 220 g/mol. The van der Waals surface area contributed by atoms with Crippen molar-refractivity contribution in [3.8, 4) is 0 Å². The normalized spacial score (nSPS) is 11.9. The van der Waals surface area contributed by atoms with Gasteiger partial charge in [0.25, 0.3) is 0 Å². The highest BCUT2D eigenvalue weighted by molar-refractivity contribution is 6.64. The number of hydrogen-bond donors (Lipinski definition) is 0. The first kappa shape index (κ1) is 12.0. The molecule has 0 aliphatic rings. The molecule has 0 heterocycles. The van der Waals surface area contributed by atoms with Crippen molar-refractivity contribution < 1.29 is 4.74 Å². The molecule has 0 saturated carbocycles. The summed E-state index contributed by atoms with van der Waals surface area (Å²) >= 11 is 0. The molecular formula is C13H20OSi. The molecule has 0 atom stereocenters. The van der Waals surface area contributed by atoms with Gasteiger partial charge in [0, 0.05) is 0 Å². The molecule has 0 bridgehead atoms. The summed E-state index contributed by atoms with van der Waals surface area (Å²) < 4.78 is 5.78. The van der Waals surface area contributed by atoms with Crippen LogP contribution in [0.5, 0.6) is 0 Å². The lowest BCUT2D eigenvalue weighted by Crippen LogP contribution is -2.10. The molecule has 0 saturated heterocycles. The number of hydrogen-bond acceptors (Lipinski definition) is 1. The molecule has 0 aliphatic heterocycles. The van der Waals surface area contributed by atoms with Gasteiger partial charge >= 0.3 is 0 Å². The first-order valence-corrected chi connectivity index (χ1v) is 8.52. The summed E-state index contributed by atoms with van der Waals surface area (Å²) in [7, 11) is -0.848. The van der Waals surface area contributed by atoms with Crippen molar-refractivity contribution in [2.45, 2.75) is 26.4 Å². The van der Waals surface area contributed by atoms with Gasteiger partial charge in [-0.25, -0.2) is 0 Å². The quantitative estimate of drug-likeness (QED) is 0.545. The van der Waals surface area contributed by atoms with Crippen molar-refractivity contribution in [2.24, 2.45) is 0 Å². The molecule has 0 amide bonds. The average Bonchev–Trinajstić information content (AvgIpc) is 2.25. The van der Waals surface area contributed by atoms with Crippen molar-refractivity contribution in [1.82, 2.24) is 0 Å². The third-order valence-electron chi connectivity index (χ3n) is 2.15. The zero-order valence-corrected chi connectivity index (χ0v) is 11.0. The summed E-state index contributed by atoms with van der Waals surface area (Å²) in [5.74, 6) is 0. The Balaban J connectivity index is 2.75. The highest BCUT2D eigenvalue weighted by atomic mass is 28.3. The van der Waals surface area contributed by atoms with Crippen LogP contribution in [0.15, 0.2) is 35.7 Å². The Labute approximate surface area is 94.4 Å². The topological polar surface area (TPSA) is 9.23 Å². The van der Waals surface area contributed by atoms with E-state index in [-0.39, 0.29) is 0 Å². The zero-order valence-electron chi connectivity index (χ0n) is 9.86. The predicted molar refractivity (Wildman–Crippen MR) is 69.5 cm³/mol. The lowest BCUT2D eigenvalue weighted by Gasteiger charge is -2.12. The fraction of sp³-hybridized carbons (Fsp3) is 0.385. The third kappa shape index (κ3) is 4.34. The molecule has 0 spiro atoms. The Kier molecular flexibility index (Phi) is 5.19. The maximum absolute atomic E-state index is 5.78. The molecule has 15 heavy (non-hydrogen) atoms. The van der Waals surface area contributed by atoms with Crippen molar-refractivity contribution in [2.75, 3.05) is 6.61 Å². The van der Waals surface area contributed by atoms with Gasteiger partial charge in [0.2, 0.25) is 0 Å². The van der Waals surface area contributed by atoms with E-state index in [0.717, 1.165) is 13.0 Å². The van der Waals surface area contributed by atoms with Gasteiger partial charge in [-0.1, -0.05) is 50.3 Å². The van der Waals surface area contributed by atoms with Crippen molar-refractivity contribution >= 4 is 14.9 Å². The van der Waals surface area contributed by atoms with Crippen LogP contribution in [-0.4, -0.2) is 15.4 Å². The molecule has 0 N–H and O–H groups in total. The minimum absolute atomic E-state index is 0.837. The van der Waals surface area contributed by atoms with E-state index in [4.69, 9.17) is 4.74 Å². The first-order chi connectivity index (χ1) is 7.24. The third-order valence-corrected chi connectivity index (χ3v) is 3.62. The van der Waals surface area contributed by atoms with E-state index in [1.54, 1.807) is 0 Å². The predicted octanol–water partition coefficient (Wildman–Crippen LogP) is 3.48. The number of ether oxygens (including phenoxy) is 1. The Morgan fingerprint density at radius 3 is 2.47 bits per heavy atom. The molecule has 1 rings (SSSR count). The average molecular weight is 220 g/mol. The van der Waals surface area contributed by atoms with Crippen LogP contribution in [0.25, 0.3) is 6.08 Å². The Morgan fingerprint density at radius 2 is 1.93 bits per heavy atom. The largest absolute Gasteiger partial charge is 0.503 e. The van der Waals surface area contributed by atoms with Crippen LogP contribution in [0.3, 0.4) is 0 Å². The van der Waals surface area contributed by atoms with E-state index < -0.39 is 8.80 Å². The summed E-state index contributed by atoms with van der Waals surface area (Å²) in [5.41, 5.74) is 1.24. The Bertz CT molecular complexity index is 304. The lowest BCUT2D eigenvalue weighted by molar-refractivity contribution is 0.236. The second-order valence-corrected chi connectivity index (χ2v) is 6.84. The second kappa shape index (κ2) is 6.46. The van der Waals surface area contributed by atoms with Gasteiger partial charge in [0.1, 0.15) is 8.80 Å². The molecular weight excluding hydrogens is 200 g/mol. The highest BCUT2D eigenvalue weighted by Gasteiger charge is 2.05. The smallest absolute Gasteiger partial charge is 0.109 e. The molecule has 82 valence electrons. The zero-order chi connectivity index (χ0) is 11.1. The van der Waals surface area contributed by atoms with Gasteiger partial charge in [0.05, 0.1) is 12.0 Å². The van der Waals surface area contributed by atoms with Crippen LogP contribution in [0, 0.1) is 0 Å². The lowest BCUT2D eigenvalue weighted by atomic mass is 10.2. The summed E-state index contributed by atoms with van der Waals surface area (Å²) in [6, 6.07) is 10.4. The summed E-state index contributed by atoms with van der Waals surface area (Å²) in [5, 5.41) is 1.21. The molecule has 0 aromatic heterocycles. The highest BCUT2D eigenvalue weighted by Crippen LogP contribution is 2.11. The second-order valence-electron chi connectivity index (χ2n) is 3.96. The van der Waals surface area contributed by atoms with Crippen LogP contribution in [0.1, 0.15) is 18.9 Å². The summed E-state index contributed by atoms with van der Waals surface area (Å²) in [6.45, 7) is 7.57. The summed E-state index contributed by atoms with van der Waals surface area (Å²) in [6.07, 6.45) is 3.26. The standard InChI is InChI=1S/C13H20OSi/c1-4-10-14-13(15(2)3)11-12-8-6-5-7-9-12/h5-9,11,15H,4,10H2,1-3H3. The van der Waals surface area contributed by atoms with Crippen LogP contribution in [0.2, 0.25) is 13.1 Å². The van der Waals surface area contributed by atoms with E-state index in [1.807, 2.05) is 6.07 Å². The fourth-order valence-corrected chi connectivity index (χ4v) is 2.29. The van der Waals surface area contributed by atoms with Gasteiger partial charge in [-0.3, -0.25) is 0 Å². The number of rotatable bonds is 5. The van der Waals surface area contributed by atoms with Gasteiger partial charge < -0.3 is 4.74 Å². The van der Waals surface area contributed by atoms with Crippen molar-refractivity contribution in [3.05, 3.63) is 41.3 Å². The van der Waals surface area contributed by atoms with Gasteiger partial charge in [-0.05, 0) is 18.1 Å². The first-order valence-electron chi connectivity index (χ1n) is 5.63. The molecule has 1 aromatic carbocycles. The Morgan fingerprint density at radius 1 is 1.27 bits per heavy atom. The summed E-state index contributed by atoms with van der Waals surface area (Å²) in [4.78, 5) is 0.